The fourth-order valence-corrected chi connectivity index (χ4v) is 2.89. The summed E-state index contributed by atoms with van der Waals surface area (Å²) in [6.45, 7) is 13.4. The molecule has 1 aliphatic heterocycles. The standard InChI is InChI=1S/C15H28N4/c1-5-6-14-11-19(15(3,4)12-17-14)10-9-18-8-7-16-13(18)2/h7-8,14,17H,5-6,9-12H2,1-4H3. The van der Waals surface area contributed by atoms with Crippen molar-refractivity contribution in [1.29, 1.82) is 0 Å². The molecule has 1 aromatic rings. The van der Waals surface area contributed by atoms with Crippen molar-refractivity contribution in [1.82, 2.24) is 19.8 Å². The van der Waals surface area contributed by atoms with Crippen LogP contribution >= 0.6 is 0 Å². The first kappa shape index (κ1) is 14.5. The van der Waals surface area contributed by atoms with E-state index >= 15 is 0 Å². The molecule has 1 aliphatic rings. The maximum Gasteiger partial charge on any atom is 0.105 e. The first-order valence-electron chi connectivity index (χ1n) is 7.49. The summed E-state index contributed by atoms with van der Waals surface area (Å²) in [6, 6.07) is 0.655. The SMILES string of the molecule is CCCC1CN(CCn2ccnc2C)C(C)(C)CN1. The molecule has 1 fully saturated rings. The summed E-state index contributed by atoms with van der Waals surface area (Å²) < 4.78 is 2.24. The molecule has 1 unspecified atom stereocenters. The molecule has 0 aromatic carbocycles. The minimum Gasteiger partial charge on any atom is -0.334 e. The lowest BCUT2D eigenvalue weighted by molar-refractivity contribution is 0.0603. The zero-order chi connectivity index (χ0) is 13.9. The number of imidazole rings is 1. The Hall–Kier alpha value is -0.870. The minimum atomic E-state index is 0.249. The van der Waals surface area contributed by atoms with Gasteiger partial charge in [0, 0.05) is 50.2 Å². The Bertz CT molecular complexity index is 397. The molecule has 108 valence electrons. The third-order valence-electron chi connectivity index (χ3n) is 4.29. The molecule has 1 atom stereocenters. The number of hydrogen-bond acceptors (Lipinski definition) is 3. The monoisotopic (exact) mass is 264 g/mol. The Labute approximate surface area is 117 Å². The van der Waals surface area contributed by atoms with E-state index in [0.29, 0.717) is 6.04 Å². The van der Waals surface area contributed by atoms with Gasteiger partial charge in [-0.3, -0.25) is 4.90 Å². The number of aryl methyl sites for hydroxylation is 1. The molecule has 4 nitrogen and oxygen atoms in total. The Balaban J connectivity index is 1.93. The summed E-state index contributed by atoms with van der Waals surface area (Å²) in [5.41, 5.74) is 0.249. The highest BCUT2D eigenvalue weighted by Gasteiger charge is 2.33. The van der Waals surface area contributed by atoms with Crippen molar-refractivity contribution in [2.24, 2.45) is 0 Å². The average molecular weight is 264 g/mol. The van der Waals surface area contributed by atoms with Gasteiger partial charge in [0.1, 0.15) is 5.82 Å². The third kappa shape index (κ3) is 3.57. The Morgan fingerprint density at radius 3 is 2.84 bits per heavy atom. The molecule has 0 amide bonds. The van der Waals surface area contributed by atoms with E-state index in [1.54, 1.807) is 0 Å². The maximum atomic E-state index is 4.29. The predicted molar refractivity (Wildman–Crippen MR) is 79.3 cm³/mol. The van der Waals surface area contributed by atoms with Crippen LogP contribution in [0, 0.1) is 6.92 Å². The molecule has 1 aromatic heterocycles. The summed E-state index contributed by atoms with van der Waals surface area (Å²) in [5, 5.41) is 3.68. The fraction of sp³-hybridized carbons (Fsp3) is 0.800. The van der Waals surface area contributed by atoms with Crippen LogP contribution in [0.1, 0.15) is 39.4 Å². The lowest BCUT2D eigenvalue weighted by Crippen LogP contribution is -2.62. The highest BCUT2D eigenvalue weighted by atomic mass is 15.3. The third-order valence-corrected chi connectivity index (χ3v) is 4.29. The van der Waals surface area contributed by atoms with Crippen LogP contribution in [-0.4, -0.2) is 45.7 Å². The smallest absolute Gasteiger partial charge is 0.105 e. The fourth-order valence-electron chi connectivity index (χ4n) is 2.89. The van der Waals surface area contributed by atoms with Gasteiger partial charge in [-0.1, -0.05) is 13.3 Å². The molecule has 0 radical (unpaired) electrons. The number of rotatable bonds is 5. The zero-order valence-corrected chi connectivity index (χ0v) is 12.8. The molecular formula is C15H28N4. The molecule has 2 heterocycles. The van der Waals surface area contributed by atoms with Gasteiger partial charge in [-0.15, -0.1) is 0 Å². The lowest BCUT2D eigenvalue weighted by Gasteiger charge is -2.46. The summed E-state index contributed by atoms with van der Waals surface area (Å²) >= 11 is 0. The molecule has 0 saturated carbocycles. The van der Waals surface area contributed by atoms with Crippen LogP contribution in [0.5, 0.6) is 0 Å². The van der Waals surface area contributed by atoms with Gasteiger partial charge in [0.25, 0.3) is 0 Å². The zero-order valence-electron chi connectivity index (χ0n) is 12.8. The van der Waals surface area contributed by atoms with Gasteiger partial charge >= 0.3 is 0 Å². The molecule has 4 heteroatoms. The van der Waals surface area contributed by atoms with E-state index in [2.05, 4.69) is 53.7 Å². The van der Waals surface area contributed by atoms with Gasteiger partial charge in [0.2, 0.25) is 0 Å². The van der Waals surface area contributed by atoms with Crippen LogP contribution in [0.3, 0.4) is 0 Å². The second kappa shape index (κ2) is 6.06. The summed E-state index contributed by atoms with van der Waals surface area (Å²) in [5.74, 6) is 1.11. The molecule has 2 rings (SSSR count). The first-order chi connectivity index (χ1) is 9.03. The number of piperazine rings is 1. The molecule has 1 N–H and O–H groups in total. The van der Waals surface area contributed by atoms with E-state index in [4.69, 9.17) is 0 Å². The number of aromatic nitrogens is 2. The predicted octanol–water partition coefficient (Wildman–Crippen LogP) is 2.04. The van der Waals surface area contributed by atoms with Crippen LogP contribution in [0.25, 0.3) is 0 Å². The Kier molecular flexibility index (Phi) is 4.63. The van der Waals surface area contributed by atoms with Crippen molar-refractivity contribution < 1.29 is 0 Å². The quantitative estimate of drug-likeness (QED) is 0.883. The van der Waals surface area contributed by atoms with Crippen LogP contribution in [-0.2, 0) is 6.54 Å². The van der Waals surface area contributed by atoms with Crippen molar-refractivity contribution in [2.75, 3.05) is 19.6 Å². The highest BCUT2D eigenvalue weighted by Crippen LogP contribution is 2.20. The van der Waals surface area contributed by atoms with Crippen molar-refractivity contribution in [3.63, 3.8) is 0 Å². The second-order valence-electron chi connectivity index (χ2n) is 6.29. The summed E-state index contributed by atoms with van der Waals surface area (Å²) in [7, 11) is 0. The first-order valence-corrected chi connectivity index (χ1v) is 7.49. The van der Waals surface area contributed by atoms with Gasteiger partial charge in [0.05, 0.1) is 0 Å². The largest absolute Gasteiger partial charge is 0.334 e. The van der Waals surface area contributed by atoms with Crippen molar-refractivity contribution >= 4 is 0 Å². The average Bonchev–Trinajstić information content (AvgIpc) is 2.76. The van der Waals surface area contributed by atoms with Gasteiger partial charge in [-0.25, -0.2) is 4.98 Å². The second-order valence-corrected chi connectivity index (χ2v) is 6.29. The van der Waals surface area contributed by atoms with E-state index < -0.39 is 0 Å². The maximum absolute atomic E-state index is 4.29. The summed E-state index contributed by atoms with van der Waals surface area (Å²) in [4.78, 5) is 6.92. The molecule has 1 saturated heterocycles. The van der Waals surface area contributed by atoms with Crippen molar-refractivity contribution in [3.8, 4) is 0 Å². The van der Waals surface area contributed by atoms with Crippen LogP contribution in [0.2, 0.25) is 0 Å². The van der Waals surface area contributed by atoms with Gasteiger partial charge in [0.15, 0.2) is 0 Å². The number of hydrogen-bond donors (Lipinski definition) is 1. The van der Waals surface area contributed by atoms with Crippen LogP contribution in [0.15, 0.2) is 12.4 Å². The Morgan fingerprint density at radius 2 is 2.21 bits per heavy atom. The summed E-state index contributed by atoms with van der Waals surface area (Å²) in [6.07, 6.45) is 6.50. The molecule has 19 heavy (non-hydrogen) atoms. The highest BCUT2D eigenvalue weighted by molar-refractivity contribution is 4.94. The van der Waals surface area contributed by atoms with E-state index in [1.807, 2.05) is 6.20 Å². The normalized spacial score (nSPS) is 23.7. The molecule has 0 bridgehead atoms. The van der Waals surface area contributed by atoms with Gasteiger partial charge < -0.3 is 9.88 Å². The lowest BCUT2D eigenvalue weighted by atomic mass is 9.96. The topological polar surface area (TPSA) is 33.1 Å². The Morgan fingerprint density at radius 1 is 1.42 bits per heavy atom. The molecule has 0 aliphatic carbocycles. The molecule has 0 spiro atoms. The van der Waals surface area contributed by atoms with Crippen LogP contribution < -0.4 is 5.32 Å². The van der Waals surface area contributed by atoms with Gasteiger partial charge in [-0.2, -0.15) is 0 Å². The van der Waals surface area contributed by atoms with E-state index in [9.17, 15) is 0 Å². The van der Waals surface area contributed by atoms with Gasteiger partial charge in [-0.05, 0) is 27.2 Å². The number of nitrogens with zero attached hydrogens (tertiary/aromatic N) is 3. The van der Waals surface area contributed by atoms with E-state index in [0.717, 1.165) is 32.0 Å². The van der Waals surface area contributed by atoms with Crippen LogP contribution in [0.4, 0.5) is 0 Å². The van der Waals surface area contributed by atoms with E-state index in [1.165, 1.54) is 12.8 Å². The minimum absolute atomic E-state index is 0.249. The molecular weight excluding hydrogens is 236 g/mol. The van der Waals surface area contributed by atoms with Crippen molar-refractivity contribution in [2.45, 2.75) is 58.7 Å². The van der Waals surface area contributed by atoms with E-state index in [-0.39, 0.29) is 5.54 Å². The van der Waals surface area contributed by atoms with Crippen molar-refractivity contribution in [3.05, 3.63) is 18.2 Å². The number of nitrogens with one attached hydrogen (secondary N) is 1.